The molecule has 1 aromatic carbocycles. The molecule has 1 fully saturated rings. The number of pyridine rings is 1. The first-order valence-electron chi connectivity index (χ1n) is 10.2. The molecule has 0 radical (unpaired) electrons. The standard InChI is InChI=1S/C21H25ClN4O5S/c1-2-31-21(28)16-7-8-19(23-15-16)25-11-13-26(14-12-25)20(27)9-10-24-32(29,30)18-6-4-3-5-17(18)22/h3-8,15,24H,2,9-14H2,1H3. The second-order valence-corrected chi connectivity index (χ2v) is 9.21. The number of amides is 1. The first kappa shape index (κ1) is 24.0. The van der Waals surface area contributed by atoms with Gasteiger partial charge in [0.2, 0.25) is 15.9 Å². The Kier molecular flexibility index (Phi) is 8.05. The van der Waals surface area contributed by atoms with E-state index in [9.17, 15) is 18.0 Å². The quantitative estimate of drug-likeness (QED) is 0.575. The smallest absolute Gasteiger partial charge is 0.339 e. The van der Waals surface area contributed by atoms with Crippen LogP contribution >= 0.6 is 11.6 Å². The van der Waals surface area contributed by atoms with Gasteiger partial charge in [-0.2, -0.15) is 0 Å². The first-order chi connectivity index (χ1) is 15.3. The normalized spacial score (nSPS) is 14.3. The average molecular weight is 481 g/mol. The summed E-state index contributed by atoms with van der Waals surface area (Å²) in [5.74, 6) is 0.182. The lowest BCUT2D eigenvalue weighted by Gasteiger charge is -2.35. The maximum absolute atomic E-state index is 12.5. The maximum atomic E-state index is 12.5. The molecule has 0 aliphatic carbocycles. The number of hydrogen-bond donors (Lipinski definition) is 1. The van der Waals surface area contributed by atoms with Crippen LogP contribution in [0, 0.1) is 0 Å². The number of hydrogen-bond acceptors (Lipinski definition) is 7. The zero-order chi connectivity index (χ0) is 23.1. The fraction of sp³-hybridized carbons (Fsp3) is 0.381. The zero-order valence-corrected chi connectivity index (χ0v) is 19.2. The molecule has 1 N–H and O–H groups in total. The van der Waals surface area contributed by atoms with Gasteiger partial charge in [-0.15, -0.1) is 0 Å². The van der Waals surface area contributed by atoms with Crippen molar-refractivity contribution >= 4 is 39.3 Å². The van der Waals surface area contributed by atoms with Gasteiger partial charge >= 0.3 is 5.97 Å². The molecule has 0 saturated carbocycles. The third kappa shape index (κ3) is 5.96. The molecule has 3 rings (SSSR count). The van der Waals surface area contributed by atoms with Gasteiger partial charge in [0.05, 0.1) is 17.2 Å². The van der Waals surface area contributed by atoms with Crippen molar-refractivity contribution in [1.82, 2.24) is 14.6 Å². The lowest BCUT2D eigenvalue weighted by Crippen LogP contribution is -2.49. The number of anilines is 1. The molecule has 1 amide bonds. The van der Waals surface area contributed by atoms with Crippen LogP contribution in [0.25, 0.3) is 0 Å². The minimum Gasteiger partial charge on any atom is -0.462 e. The monoisotopic (exact) mass is 480 g/mol. The van der Waals surface area contributed by atoms with E-state index < -0.39 is 16.0 Å². The fourth-order valence-corrected chi connectivity index (χ4v) is 4.83. The SMILES string of the molecule is CCOC(=O)c1ccc(N2CCN(C(=O)CCNS(=O)(=O)c3ccccc3Cl)CC2)nc1. The van der Waals surface area contributed by atoms with Crippen molar-refractivity contribution in [3.8, 4) is 0 Å². The molecule has 9 nitrogen and oxygen atoms in total. The Morgan fingerprint density at radius 1 is 1.12 bits per heavy atom. The maximum Gasteiger partial charge on any atom is 0.339 e. The Labute approximate surface area is 192 Å². The number of benzene rings is 1. The van der Waals surface area contributed by atoms with Crippen molar-refractivity contribution in [1.29, 1.82) is 0 Å². The van der Waals surface area contributed by atoms with Crippen LogP contribution in [0.4, 0.5) is 5.82 Å². The molecule has 1 aliphatic heterocycles. The number of esters is 1. The number of sulfonamides is 1. The molecule has 2 heterocycles. The van der Waals surface area contributed by atoms with Crippen LogP contribution in [-0.4, -0.2) is 69.5 Å². The summed E-state index contributed by atoms with van der Waals surface area (Å²) < 4.78 is 32.1. The fourth-order valence-electron chi connectivity index (χ4n) is 3.28. The van der Waals surface area contributed by atoms with E-state index in [2.05, 4.69) is 9.71 Å². The number of piperazine rings is 1. The van der Waals surface area contributed by atoms with E-state index in [1.807, 2.05) is 4.90 Å². The Morgan fingerprint density at radius 2 is 1.84 bits per heavy atom. The molecule has 11 heteroatoms. The Balaban J connectivity index is 1.46. The summed E-state index contributed by atoms with van der Waals surface area (Å²) in [7, 11) is -3.78. The predicted octanol–water partition coefficient (Wildman–Crippen LogP) is 1.93. The summed E-state index contributed by atoms with van der Waals surface area (Å²) in [6.45, 7) is 4.20. The molecule has 32 heavy (non-hydrogen) atoms. The summed E-state index contributed by atoms with van der Waals surface area (Å²) in [6, 6.07) is 9.58. The van der Waals surface area contributed by atoms with Crippen LogP contribution < -0.4 is 9.62 Å². The van der Waals surface area contributed by atoms with Crippen molar-refractivity contribution in [3.63, 3.8) is 0 Å². The lowest BCUT2D eigenvalue weighted by atomic mass is 10.2. The van der Waals surface area contributed by atoms with Crippen molar-refractivity contribution in [2.24, 2.45) is 0 Å². The molecule has 0 spiro atoms. The second-order valence-electron chi connectivity index (χ2n) is 7.07. The Bertz CT molecular complexity index is 1050. The van der Waals surface area contributed by atoms with Crippen LogP contribution in [0.15, 0.2) is 47.5 Å². The molecule has 1 aromatic heterocycles. The van der Waals surface area contributed by atoms with E-state index in [1.54, 1.807) is 36.1 Å². The number of carbonyl (C=O) groups excluding carboxylic acids is 2. The van der Waals surface area contributed by atoms with Crippen molar-refractivity contribution in [2.75, 3.05) is 44.2 Å². The summed E-state index contributed by atoms with van der Waals surface area (Å²) >= 11 is 5.95. The lowest BCUT2D eigenvalue weighted by molar-refractivity contribution is -0.131. The Morgan fingerprint density at radius 3 is 2.47 bits per heavy atom. The summed E-state index contributed by atoms with van der Waals surface area (Å²) in [5.41, 5.74) is 0.392. The van der Waals surface area contributed by atoms with E-state index >= 15 is 0 Å². The number of halogens is 1. The van der Waals surface area contributed by atoms with Gasteiger partial charge in [0, 0.05) is 45.3 Å². The van der Waals surface area contributed by atoms with Gasteiger partial charge in [-0.1, -0.05) is 23.7 Å². The molecule has 1 aliphatic rings. The number of carbonyl (C=O) groups is 2. The molecule has 0 unspecified atom stereocenters. The van der Waals surface area contributed by atoms with Gasteiger partial charge in [0.25, 0.3) is 0 Å². The van der Waals surface area contributed by atoms with Crippen LogP contribution in [0.5, 0.6) is 0 Å². The number of rotatable bonds is 8. The van der Waals surface area contributed by atoms with Crippen LogP contribution in [-0.2, 0) is 19.6 Å². The highest BCUT2D eigenvalue weighted by molar-refractivity contribution is 7.89. The summed E-state index contributed by atoms with van der Waals surface area (Å²) in [6.07, 6.45) is 1.53. The number of ether oxygens (including phenoxy) is 1. The van der Waals surface area contributed by atoms with E-state index in [0.717, 1.165) is 5.82 Å². The van der Waals surface area contributed by atoms with Gasteiger partial charge in [-0.05, 0) is 31.2 Å². The molecule has 172 valence electrons. The molecule has 1 saturated heterocycles. The van der Waals surface area contributed by atoms with Gasteiger partial charge < -0.3 is 14.5 Å². The van der Waals surface area contributed by atoms with Crippen molar-refractivity contribution in [3.05, 3.63) is 53.2 Å². The number of nitrogens with one attached hydrogen (secondary N) is 1. The van der Waals surface area contributed by atoms with Gasteiger partial charge in [0.15, 0.2) is 0 Å². The van der Waals surface area contributed by atoms with Gasteiger partial charge in [-0.25, -0.2) is 22.9 Å². The third-order valence-electron chi connectivity index (χ3n) is 4.97. The van der Waals surface area contributed by atoms with Crippen LogP contribution in [0.1, 0.15) is 23.7 Å². The molecule has 0 atom stereocenters. The topological polar surface area (TPSA) is 109 Å². The third-order valence-corrected chi connectivity index (χ3v) is 6.93. The zero-order valence-electron chi connectivity index (χ0n) is 17.7. The van der Waals surface area contributed by atoms with Gasteiger partial charge in [0.1, 0.15) is 10.7 Å². The van der Waals surface area contributed by atoms with Crippen molar-refractivity contribution < 1.29 is 22.7 Å². The minimum atomic E-state index is -3.78. The van der Waals surface area contributed by atoms with Crippen molar-refractivity contribution in [2.45, 2.75) is 18.2 Å². The molecular weight excluding hydrogens is 456 g/mol. The average Bonchev–Trinajstić information content (AvgIpc) is 2.79. The second kappa shape index (κ2) is 10.8. The summed E-state index contributed by atoms with van der Waals surface area (Å²) in [5, 5.41) is 0.131. The predicted molar refractivity (Wildman–Crippen MR) is 120 cm³/mol. The highest BCUT2D eigenvalue weighted by Crippen LogP contribution is 2.20. The molecule has 2 aromatic rings. The largest absolute Gasteiger partial charge is 0.462 e. The van der Waals surface area contributed by atoms with E-state index in [4.69, 9.17) is 16.3 Å². The van der Waals surface area contributed by atoms with Crippen LogP contribution in [0.2, 0.25) is 5.02 Å². The Hall–Kier alpha value is -2.69. The highest BCUT2D eigenvalue weighted by Gasteiger charge is 2.23. The molecule has 0 bridgehead atoms. The van der Waals surface area contributed by atoms with E-state index in [-0.39, 0.29) is 28.8 Å². The van der Waals surface area contributed by atoms with Gasteiger partial charge in [-0.3, -0.25) is 4.79 Å². The van der Waals surface area contributed by atoms with E-state index in [1.165, 1.54) is 18.3 Å². The van der Waals surface area contributed by atoms with Crippen LogP contribution in [0.3, 0.4) is 0 Å². The first-order valence-corrected chi connectivity index (χ1v) is 12.1. The minimum absolute atomic E-state index is 0.01000. The van der Waals surface area contributed by atoms with E-state index in [0.29, 0.717) is 38.3 Å². The number of aromatic nitrogens is 1. The highest BCUT2D eigenvalue weighted by atomic mass is 35.5. The summed E-state index contributed by atoms with van der Waals surface area (Å²) in [4.78, 5) is 32.3. The molecular formula is C21H25ClN4O5S. The number of nitrogens with zero attached hydrogens (tertiary/aromatic N) is 3.